The number of nitrogens with one attached hydrogen (secondary N) is 1. The Bertz CT molecular complexity index is 799. The molecule has 0 bridgehead atoms. The second kappa shape index (κ2) is 8.80. The van der Waals surface area contributed by atoms with Crippen molar-refractivity contribution in [1.82, 2.24) is 4.90 Å². The quantitative estimate of drug-likeness (QED) is 0.487. The van der Waals surface area contributed by atoms with E-state index in [-0.39, 0.29) is 0 Å². The fourth-order valence-corrected chi connectivity index (χ4v) is 2.28. The van der Waals surface area contributed by atoms with Crippen LogP contribution < -0.4 is 10.1 Å². The smallest absolute Gasteiger partial charge is 0.387 e. The van der Waals surface area contributed by atoms with E-state index < -0.39 is 18.2 Å². The van der Waals surface area contributed by atoms with Gasteiger partial charge in [-0.15, -0.1) is 0 Å². The maximum atomic E-state index is 13.5. The van der Waals surface area contributed by atoms with Gasteiger partial charge in [-0.2, -0.15) is 8.78 Å². The van der Waals surface area contributed by atoms with E-state index in [1.54, 1.807) is 18.5 Å². The van der Waals surface area contributed by atoms with Crippen molar-refractivity contribution in [3.8, 4) is 5.75 Å². The van der Waals surface area contributed by atoms with Crippen molar-refractivity contribution >= 4 is 35.0 Å². The number of anilines is 2. The predicted octanol–water partition coefficient (Wildman–Crippen LogP) is 5.74. The lowest BCUT2D eigenvalue weighted by molar-refractivity contribution is -0.0521. The van der Waals surface area contributed by atoms with Gasteiger partial charge in [0.15, 0.2) is 11.6 Å². The number of aryl methyl sites for hydroxylation is 1. The molecular formula is C18H19ClF3N3O. The average molecular weight is 386 g/mol. The molecule has 0 radical (unpaired) electrons. The van der Waals surface area contributed by atoms with Crippen LogP contribution >= 0.6 is 11.6 Å². The molecule has 8 heteroatoms. The maximum absolute atomic E-state index is 13.5. The third-order valence-corrected chi connectivity index (χ3v) is 3.92. The summed E-state index contributed by atoms with van der Waals surface area (Å²) in [6.07, 6.45) is 1.68. The van der Waals surface area contributed by atoms with Crippen LogP contribution in [0.25, 0.3) is 0 Å². The fraction of sp³-hybridized carbons (Fsp3) is 0.278. The van der Waals surface area contributed by atoms with Gasteiger partial charge in [0.25, 0.3) is 0 Å². The molecule has 2 rings (SSSR count). The molecule has 0 saturated heterocycles. The third-order valence-electron chi connectivity index (χ3n) is 3.61. The Morgan fingerprint density at radius 1 is 1.31 bits per heavy atom. The molecule has 140 valence electrons. The van der Waals surface area contributed by atoms with Gasteiger partial charge in [-0.3, -0.25) is 0 Å². The molecule has 0 saturated carbocycles. The largest absolute Gasteiger partial charge is 0.432 e. The van der Waals surface area contributed by atoms with Gasteiger partial charge in [0.05, 0.1) is 17.0 Å². The molecule has 4 nitrogen and oxygen atoms in total. The zero-order valence-electron chi connectivity index (χ0n) is 14.6. The van der Waals surface area contributed by atoms with E-state index in [2.05, 4.69) is 15.0 Å². The van der Waals surface area contributed by atoms with Gasteiger partial charge in [0.1, 0.15) is 0 Å². The van der Waals surface area contributed by atoms with Crippen LogP contribution in [-0.4, -0.2) is 31.4 Å². The summed E-state index contributed by atoms with van der Waals surface area (Å²) in [4.78, 5) is 6.24. The standard InChI is InChI=1S/C18H19ClF3N3O/c1-4-25(3)10-23-16-7-11(2)15(9-13(16)19)24-12-5-6-14(20)17(8-12)26-18(21)22/h5-10,18,24H,4H2,1-3H3. The normalized spacial score (nSPS) is 11.2. The molecule has 2 aromatic rings. The van der Waals surface area contributed by atoms with Gasteiger partial charge in [-0.1, -0.05) is 11.6 Å². The van der Waals surface area contributed by atoms with Crippen molar-refractivity contribution < 1.29 is 17.9 Å². The van der Waals surface area contributed by atoms with E-state index in [0.29, 0.717) is 22.1 Å². The van der Waals surface area contributed by atoms with Gasteiger partial charge < -0.3 is 15.0 Å². The van der Waals surface area contributed by atoms with Crippen LogP contribution in [0.15, 0.2) is 35.3 Å². The molecule has 0 aliphatic carbocycles. The Hall–Kier alpha value is -2.41. The third kappa shape index (κ3) is 5.29. The van der Waals surface area contributed by atoms with E-state index in [4.69, 9.17) is 11.6 Å². The van der Waals surface area contributed by atoms with Crippen LogP contribution in [0, 0.1) is 12.7 Å². The van der Waals surface area contributed by atoms with Crippen LogP contribution in [0.1, 0.15) is 12.5 Å². The number of hydrogen-bond acceptors (Lipinski definition) is 3. The molecule has 0 aliphatic heterocycles. The van der Waals surface area contributed by atoms with E-state index in [1.807, 2.05) is 25.8 Å². The van der Waals surface area contributed by atoms with Crippen molar-refractivity contribution in [1.29, 1.82) is 0 Å². The molecule has 0 atom stereocenters. The molecule has 26 heavy (non-hydrogen) atoms. The molecular weight excluding hydrogens is 367 g/mol. The Labute approximate surface area is 155 Å². The molecule has 0 spiro atoms. The van der Waals surface area contributed by atoms with E-state index >= 15 is 0 Å². The van der Waals surface area contributed by atoms with E-state index in [0.717, 1.165) is 24.2 Å². The highest BCUT2D eigenvalue weighted by molar-refractivity contribution is 6.33. The number of benzene rings is 2. The zero-order valence-corrected chi connectivity index (χ0v) is 15.3. The molecule has 0 fully saturated rings. The Morgan fingerprint density at radius 2 is 2.04 bits per heavy atom. The monoisotopic (exact) mass is 385 g/mol. The highest BCUT2D eigenvalue weighted by Gasteiger charge is 2.12. The number of nitrogens with zero attached hydrogens (tertiary/aromatic N) is 2. The lowest BCUT2D eigenvalue weighted by Crippen LogP contribution is -2.14. The molecule has 0 amide bonds. The van der Waals surface area contributed by atoms with Gasteiger partial charge in [-0.05, 0) is 43.7 Å². The van der Waals surface area contributed by atoms with Crippen LogP contribution in [0.4, 0.5) is 30.2 Å². The zero-order chi connectivity index (χ0) is 19.3. The predicted molar refractivity (Wildman–Crippen MR) is 99.0 cm³/mol. The molecule has 0 heterocycles. The van der Waals surface area contributed by atoms with Crippen LogP contribution in [0.2, 0.25) is 5.02 Å². The van der Waals surface area contributed by atoms with Gasteiger partial charge in [0, 0.05) is 31.0 Å². The average Bonchev–Trinajstić information content (AvgIpc) is 2.58. The summed E-state index contributed by atoms with van der Waals surface area (Å²) < 4.78 is 42.3. The minimum Gasteiger partial charge on any atom is -0.432 e. The number of halogens is 4. The Morgan fingerprint density at radius 3 is 2.69 bits per heavy atom. The van der Waals surface area contributed by atoms with Crippen LogP contribution in [0.5, 0.6) is 5.75 Å². The summed E-state index contributed by atoms with van der Waals surface area (Å²) in [7, 11) is 1.90. The van der Waals surface area contributed by atoms with Crippen molar-refractivity contribution in [3.63, 3.8) is 0 Å². The second-order valence-electron chi connectivity index (χ2n) is 5.59. The summed E-state index contributed by atoms with van der Waals surface area (Å²) in [5.41, 5.74) is 2.48. The summed E-state index contributed by atoms with van der Waals surface area (Å²) >= 11 is 6.26. The van der Waals surface area contributed by atoms with E-state index in [9.17, 15) is 13.2 Å². The highest BCUT2D eigenvalue weighted by Crippen LogP contribution is 2.33. The first-order valence-corrected chi connectivity index (χ1v) is 8.24. The summed E-state index contributed by atoms with van der Waals surface area (Å²) in [5, 5.41) is 3.44. The molecule has 0 unspecified atom stereocenters. The lowest BCUT2D eigenvalue weighted by Gasteiger charge is -2.14. The van der Waals surface area contributed by atoms with Crippen molar-refractivity contribution in [2.24, 2.45) is 4.99 Å². The Balaban J connectivity index is 2.25. The highest BCUT2D eigenvalue weighted by atomic mass is 35.5. The number of hydrogen-bond donors (Lipinski definition) is 1. The van der Waals surface area contributed by atoms with Gasteiger partial charge in [0.2, 0.25) is 0 Å². The molecule has 2 aromatic carbocycles. The minimum atomic E-state index is -3.10. The van der Waals surface area contributed by atoms with E-state index in [1.165, 1.54) is 6.07 Å². The van der Waals surface area contributed by atoms with Crippen molar-refractivity contribution in [3.05, 3.63) is 46.7 Å². The topological polar surface area (TPSA) is 36.9 Å². The lowest BCUT2D eigenvalue weighted by atomic mass is 10.1. The first-order chi connectivity index (χ1) is 12.3. The van der Waals surface area contributed by atoms with Crippen LogP contribution in [0.3, 0.4) is 0 Å². The first kappa shape index (κ1) is 19.9. The first-order valence-electron chi connectivity index (χ1n) is 7.86. The fourth-order valence-electron chi connectivity index (χ4n) is 2.07. The molecule has 0 aromatic heterocycles. The summed E-state index contributed by atoms with van der Waals surface area (Å²) in [6, 6.07) is 7.11. The SMILES string of the molecule is CCN(C)C=Nc1cc(C)c(Nc2ccc(F)c(OC(F)F)c2)cc1Cl. The minimum absolute atomic E-state index is 0.392. The number of rotatable bonds is 7. The number of aliphatic imine (C=N–C) groups is 1. The number of alkyl halides is 2. The van der Waals surface area contributed by atoms with Crippen LogP contribution in [-0.2, 0) is 0 Å². The summed E-state index contributed by atoms with van der Waals surface area (Å²) in [6.45, 7) is 1.56. The number of ether oxygens (including phenoxy) is 1. The van der Waals surface area contributed by atoms with Gasteiger partial charge in [-0.25, -0.2) is 9.38 Å². The van der Waals surface area contributed by atoms with Gasteiger partial charge >= 0.3 is 6.61 Å². The second-order valence-corrected chi connectivity index (χ2v) is 5.99. The van der Waals surface area contributed by atoms with Crippen molar-refractivity contribution in [2.45, 2.75) is 20.5 Å². The molecule has 1 N–H and O–H groups in total. The van der Waals surface area contributed by atoms with Crippen molar-refractivity contribution in [2.75, 3.05) is 18.9 Å². The maximum Gasteiger partial charge on any atom is 0.387 e. The Kier molecular flexibility index (Phi) is 6.74. The summed E-state index contributed by atoms with van der Waals surface area (Å²) in [5.74, 6) is -1.40. The molecule has 0 aliphatic rings.